The van der Waals surface area contributed by atoms with Gasteiger partial charge < -0.3 is 15.5 Å². The first-order valence-corrected chi connectivity index (χ1v) is 9.19. The second kappa shape index (κ2) is 7.69. The molecule has 132 valence electrons. The van der Waals surface area contributed by atoms with Crippen molar-refractivity contribution in [2.24, 2.45) is 0 Å². The van der Waals surface area contributed by atoms with E-state index >= 15 is 0 Å². The molecule has 1 aliphatic rings. The largest absolute Gasteiger partial charge is 0.372 e. The molecule has 0 fully saturated rings. The molecule has 3 nitrogen and oxygen atoms in total. The van der Waals surface area contributed by atoms with Crippen LogP contribution in [-0.2, 0) is 6.54 Å². The third-order valence-corrected chi connectivity index (χ3v) is 5.05. The molecule has 5 heteroatoms. The summed E-state index contributed by atoms with van der Waals surface area (Å²) >= 11 is 12.7. The summed E-state index contributed by atoms with van der Waals surface area (Å²) in [4.78, 5) is 2.30. The second-order valence-corrected chi connectivity index (χ2v) is 7.30. The van der Waals surface area contributed by atoms with Crippen molar-refractivity contribution in [1.82, 2.24) is 10.2 Å². The normalized spacial score (nSPS) is 17.0. The van der Waals surface area contributed by atoms with Gasteiger partial charge in [0.2, 0.25) is 0 Å². The van der Waals surface area contributed by atoms with Gasteiger partial charge in [-0.25, -0.2) is 0 Å². The zero-order valence-electron chi connectivity index (χ0n) is 14.6. The standard InChI is InChI=1S/C20H23Cl2N3/c1-4-23-13(2)24-16-7-5-14(6-8-16)18-11-25(3)12-19-17(18)9-15(21)10-20(19)22/h5-10,18,23-24H,2,4,11-12H2,1,3H3. The van der Waals surface area contributed by atoms with Gasteiger partial charge in [-0.3, -0.25) is 0 Å². The number of rotatable bonds is 5. The zero-order chi connectivity index (χ0) is 18.0. The molecular weight excluding hydrogens is 353 g/mol. The maximum Gasteiger partial charge on any atom is 0.0957 e. The number of benzene rings is 2. The monoisotopic (exact) mass is 375 g/mol. The molecule has 1 atom stereocenters. The maximum absolute atomic E-state index is 6.44. The lowest BCUT2D eigenvalue weighted by molar-refractivity contribution is 0.295. The predicted octanol–water partition coefficient (Wildman–Crippen LogP) is 5.06. The van der Waals surface area contributed by atoms with Gasteiger partial charge in [0.1, 0.15) is 0 Å². The lowest BCUT2D eigenvalue weighted by atomic mass is 9.84. The molecule has 0 spiro atoms. The van der Waals surface area contributed by atoms with E-state index < -0.39 is 0 Å². The van der Waals surface area contributed by atoms with Gasteiger partial charge >= 0.3 is 0 Å². The fraction of sp³-hybridized carbons (Fsp3) is 0.300. The van der Waals surface area contributed by atoms with Gasteiger partial charge in [0.15, 0.2) is 0 Å². The molecule has 1 unspecified atom stereocenters. The van der Waals surface area contributed by atoms with Gasteiger partial charge in [-0.05, 0) is 54.9 Å². The number of nitrogens with zero attached hydrogens (tertiary/aromatic N) is 1. The number of nitrogens with one attached hydrogen (secondary N) is 2. The molecule has 0 radical (unpaired) electrons. The highest BCUT2D eigenvalue weighted by molar-refractivity contribution is 6.35. The van der Waals surface area contributed by atoms with Crippen LogP contribution in [0.25, 0.3) is 0 Å². The Labute approximate surface area is 159 Å². The Morgan fingerprint density at radius 1 is 1.24 bits per heavy atom. The maximum atomic E-state index is 6.44. The Morgan fingerprint density at radius 3 is 2.64 bits per heavy atom. The van der Waals surface area contributed by atoms with Crippen LogP contribution in [0.4, 0.5) is 5.69 Å². The third kappa shape index (κ3) is 4.12. The van der Waals surface area contributed by atoms with Crippen molar-refractivity contribution in [3.8, 4) is 0 Å². The van der Waals surface area contributed by atoms with Crippen molar-refractivity contribution in [3.63, 3.8) is 0 Å². The van der Waals surface area contributed by atoms with Crippen LogP contribution >= 0.6 is 23.2 Å². The molecule has 1 aliphatic heterocycles. The molecule has 0 aromatic heterocycles. The number of hydrogen-bond donors (Lipinski definition) is 2. The van der Waals surface area contributed by atoms with Crippen molar-refractivity contribution in [3.05, 3.63) is 75.5 Å². The van der Waals surface area contributed by atoms with Crippen LogP contribution in [0.15, 0.2) is 48.8 Å². The molecule has 25 heavy (non-hydrogen) atoms. The summed E-state index contributed by atoms with van der Waals surface area (Å²) in [5.41, 5.74) is 4.68. The molecule has 2 aromatic carbocycles. The minimum atomic E-state index is 0.260. The topological polar surface area (TPSA) is 27.3 Å². The minimum Gasteiger partial charge on any atom is -0.372 e. The highest BCUT2D eigenvalue weighted by atomic mass is 35.5. The molecule has 3 rings (SSSR count). The summed E-state index contributed by atoms with van der Waals surface area (Å²) < 4.78 is 0. The summed E-state index contributed by atoms with van der Waals surface area (Å²) in [6, 6.07) is 12.4. The van der Waals surface area contributed by atoms with Crippen molar-refractivity contribution in [1.29, 1.82) is 0 Å². The fourth-order valence-electron chi connectivity index (χ4n) is 3.36. The molecule has 2 N–H and O–H groups in total. The summed E-state index contributed by atoms with van der Waals surface area (Å²) in [6.07, 6.45) is 0. The molecule has 2 aromatic rings. The number of fused-ring (bicyclic) bond motifs is 1. The molecule has 0 aliphatic carbocycles. The molecule has 0 amide bonds. The van der Waals surface area contributed by atoms with Crippen molar-refractivity contribution in [2.45, 2.75) is 19.4 Å². The third-order valence-electron chi connectivity index (χ3n) is 4.49. The Morgan fingerprint density at radius 2 is 1.96 bits per heavy atom. The lowest BCUT2D eigenvalue weighted by Gasteiger charge is -2.33. The van der Waals surface area contributed by atoms with Crippen LogP contribution in [0.3, 0.4) is 0 Å². The summed E-state index contributed by atoms with van der Waals surface area (Å²) in [5, 5.41) is 7.86. The molecule has 0 saturated carbocycles. The number of halogens is 2. The summed E-state index contributed by atoms with van der Waals surface area (Å²) in [6.45, 7) is 8.64. The first-order chi connectivity index (χ1) is 12.0. The van der Waals surface area contributed by atoms with E-state index in [9.17, 15) is 0 Å². The van der Waals surface area contributed by atoms with E-state index in [1.165, 1.54) is 16.7 Å². The second-order valence-electron chi connectivity index (χ2n) is 6.46. The summed E-state index contributed by atoms with van der Waals surface area (Å²) in [5.74, 6) is 1.06. The molecule has 0 bridgehead atoms. The molecular formula is C20H23Cl2N3. The van der Waals surface area contributed by atoms with Crippen molar-refractivity contribution < 1.29 is 0 Å². The van der Waals surface area contributed by atoms with Gasteiger partial charge in [-0.1, -0.05) is 41.9 Å². The van der Waals surface area contributed by atoms with Crippen LogP contribution < -0.4 is 10.6 Å². The van der Waals surface area contributed by atoms with E-state index in [4.69, 9.17) is 23.2 Å². The quantitative estimate of drug-likeness (QED) is 0.764. The van der Waals surface area contributed by atoms with Gasteiger partial charge in [0.05, 0.1) is 5.82 Å². The van der Waals surface area contributed by atoms with E-state index in [1.807, 2.05) is 13.0 Å². The van der Waals surface area contributed by atoms with Crippen LogP contribution in [0.2, 0.25) is 10.0 Å². The van der Waals surface area contributed by atoms with Gasteiger partial charge in [0.25, 0.3) is 0 Å². The smallest absolute Gasteiger partial charge is 0.0957 e. The van der Waals surface area contributed by atoms with Gasteiger partial charge in [-0.2, -0.15) is 0 Å². The Bertz CT molecular complexity index is 771. The van der Waals surface area contributed by atoms with E-state index in [-0.39, 0.29) is 5.92 Å². The Balaban J connectivity index is 1.88. The average Bonchev–Trinajstić information content (AvgIpc) is 2.56. The van der Waals surface area contributed by atoms with E-state index in [0.29, 0.717) is 5.02 Å². The van der Waals surface area contributed by atoms with Crippen LogP contribution in [0.1, 0.15) is 29.5 Å². The van der Waals surface area contributed by atoms with Gasteiger partial charge in [0, 0.05) is 41.3 Å². The fourth-order valence-corrected chi connectivity index (χ4v) is 3.93. The van der Waals surface area contributed by atoms with Crippen LogP contribution in [-0.4, -0.2) is 25.0 Å². The molecule has 0 saturated heterocycles. The highest BCUT2D eigenvalue weighted by Crippen LogP contribution is 2.38. The lowest BCUT2D eigenvalue weighted by Crippen LogP contribution is -2.31. The SMILES string of the molecule is C=C(NCC)Nc1ccc(C2CN(C)Cc3c(Cl)cc(Cl)cc32)cc1. The van der Waals surface area contributed by atoms with Crippen molar-refractivity contribution >= 4 is 28.9 Å². The molecule has 1 heterocycles. The zero-order valence-corrected chi connectivity index (χ0v) is 16.1. The van der Waals surface area contributed by atoms with Gasteiger partial charge in [-0.15, -0.1) is 0 Å². The van der Waals surface area contributed by atoms with E-state index in [0.717, 1.165) is 36.2 Å². The van der Waals surface area contributed by atoms with E-state index in [1.54, 1.807) is 0 Å². The van der Waals surface area contributed by atoms with Crippen molar-refractivity contribution in [2.75, 3.05) is 25.5 Å². The highest BCUT2D eigenvalue weighted by Gasteiger charge is 2.26. The number of hydrogen-bond acceptors (Lipinski definition) is 3. The predicted molar refractivity (Wildman–Crippen MR) is 108 cm³/mol. The number of likely N-dealkylation sites (N-methyl/N-ethyl adjacent to an activating group) is 1. The van der Waals surface area contributed by atoms with Crippen LogP contribution in [0, 0.1) is 0 Å². The van der Waals surface area contributed by atoms with Crippen LogP contribution in [0.5, 0.6) is 0 Å². The Hall–Kier alpha value is -1.68. The first-order valence-electron chi connectivity index (χ1n) is 8.44. The summed E-state index contributed by atoms with van der Waals surface area (Å²) in [7, 11) is 2.12. The minimum absolute atomic E-state index is 0.260. The average molecular weight is 376 g/mol. The Kier molecular flexibility index (Phi) is 5.57. The number of anilines is 1. The first kappa shape index (κ1) is 18.1. The van der Waals surface area contributed by atoms with E-state index in [2.05, 4.69) is 59.5 Å².